The number of aromatic amines is 1. The summed E-state index contributed by atoms with van der Waals surface area (Å²) in [5.41, 5.74) is 0.798. The Labute approximate surface area is 115 Å². The summed E-state index contributed by atoms with van der Waals surface area (Å²) in [4.78, 5) is 15.5. The molecular weight excluding hydrogens is 288 g/mol. The first-order chi connectivity index (χ1) is 8.66. The van der Waals surface area contributed by atoms with Gasteiger partial charge in [0.2, 0.25) is 0 Å². The average Bonchev–Trinajstić information content (AvgIpc) is 2.80. The average molecular weight is 300 g/mol. The van der Waals surface area contributed by atoms with Crippen LogP contribution >= 0.6 is 23.6 Å². The number of H-pyrrole nitrogens is 1. The van der Waals surface area contributed by atoms with Crippen molar-refractivity contribution >= 4 is 44.6 Å². The van der Waals surface area contributed by atoms with Gasteiger partial charge in [-0.2, -0.15) is 0 Å². The Bertz CT molecular complexity index is 718. The standard InChI is InChI=1S/C11H12N2O2S3/c14-10-9-8(1-4-17-9)12-11(16)13(10)7-2-5-18(15)6-3-7/h1,4,7H,2-3,5-6H2,(H,12,16). The SMILES string of the molecule is O=c1c2sccc2[nH]c(=S)n1C1CCS(=O)CC1. The van der Waals surface area contributed by atoms with Gasteiger partial charge in [0.25, 0.3) is 5.56 Å². The summed E-state index contributed by atoms with van der Waals surface area (Å²) in [7, 11) is -0.724. The Hall–Kier alpha value is -0.790. The Balaban J connectivity index is 2.14. The third-order valence-corrected chi connectivity index (χ3v) is 5.84. The van der Waals surface area contributed by atoms with E-state index >= 15 is 0 Å². The molecular formula is C11H12N2O2S3. The number of nitrogens with one attached hydrogen (secondary N) is 1. The van der Waals surface area contributed by atoms with Crippen molar-refractivity contribution in [3.05, 3.63) is 26.6 Å². The Morgan fingerprint density at radius 2 is 2.17 bits per heavy atom. The Morgan fingerprint density at radius 3 is 2.89 bits per heavy atom. The number of rotatable bonds is 1. The van der Waals surface area contributed by atoms with Crippen LogP contribution in [0.2, 0.25) is 0 Å². The van der Waals surface area contributed by atoms with Gasteiger partial charge in [-0.05, 0) is 36.5 Å². The summed E-state index contributed by atoms with van der Waals surface area (Å²) in [6.45, 7) is 0. The van der Waals surface area contributed by atoms with E-state index < -0.39 is 10.8 Å². The fraction of sp³-hybridized carbons (Fsp3) is 0.455. The predicted octanol–water partition coefficient (Wildman–Crippen LogP) is 2.20. The van der Waals surface area contributed by atoms with Gasteiger partial charge in [-0.3, -0.25) is 13.6 Å². The molecule has 2 aromatic rings. The van der Waals surface area contributed by atoms with E-state index in [1.54, 1.807) is 4.57 Å². The molecule has 18 heavy (non-hydrogen) atoms. The molecule has 0 amide bonds. The van der Waals surface area contributed by atoms with Gasteiger partial charge in [0.15, 0.2) is 4.77 Å². The van der Waals surface area contributed by atoms with Crippen molar-refractivity contribution in [3.63, 3.8) is 0 Å². The van der Waals surface area contributed by atoms with Gasteiger partial charge in [0.05, 0.1) is 5.52 Å². The quantitative estimate of drug-likeness (QED) is 0.822. The Morgan fingerprint density at radius 1 is 1.44 bits per heavy atom. The summed E-state index contributed by atoms with van der Waals surface area (Å²) < 4.78 is 14.2. The third kappa shape index (κ3) is 2.00. The molecule has 0 aliphatic carbocycles. The van der Waals surface area contributed by atoms with E-state index in [-0.39, 0.29) is 11.6 Å². The van der Waals surface area contributed by atoms with Crippen LogP contribution in [-0.2, 0) is 10.8 Å². The molecule has 3 heterocycles. The monoisotopic (exact) mass is 300 g/mol. The number of aromatic nitrogens is 2. The fourth-order valence-corrected chi connectivity index (χ4v) is 4.72. The third-order valence-electron chi connectivity index (χ3n) is 3.26. The van der Waals surface area contributed by atoms with Gasteiger partial charge in [-0.1, -0.05) is 0 Å². The highest BCUT2D eigenvalue weighted by Crippen LogP contribution is 2.23. The predicted molar refractivity (Wildman–Crippen MR) is 77.4 cm³/mol. The summed E-state index contributed by atoms with van der Waals surface area (Å²) in [5.74, 6) is 1.32. The van der Waals surface area contributed by atoms with Gasteiger partial charge >= 0.3 is 0 Å². The molecule has 1 saturated heterocycles. The maximum atomic E-state index is 12.4. The molecule has 3 rings (SSSR count). The fourth-order valence-electron chi connectivity index (χ4n) is 2.32. The molecule has 0 bridgehead atoms. The minimum absolute atomic E-state index is 0.0126. The number of fused-ring (bicyclic) bond motifs is 1. The maximum Gasteiger partial charge on any atom is 0.272 e. The van der Waals surface area contributed by atoms with Gasteiger partial charge in [-0.15, -0.1) is 11.3 Å². The minimum Gasteiger partial charge on any atom is -0.331 e. The molecule has 7 heteroatoms. The molecule has 1 aliphatic heterocycles. The maximum absolute atomic E-state index is 12.4. The lowest BCUT2D eigenvalue weighted by molar-refractivity contribution is 0.443. The van der Waals surface area contributed by atoms with Crippen LogP contribution in [0, 0.1) is 4.77 Å². The molecule has 0 unspecified atom stereocenters. The number of nitrogens with zero attached hydrogens (tertiary/aromatic N) is 1. The number of thiophene rings is 1. The van der Waals surface area contributed by atoms with Crippen LogP contribution < -0.4 is 5.56 Å². The molecule has 0 atom stereocenters. The van der Waals surface area contributed by atoms with Crippen molar-refractivity contribution in [2.75, 3.05) is 11.5 Å². The van der Waals surface area contributed by atoms with Gasteiger partial charge < -0.3 is 4.98 Å². The first kappa shape index (κ1) is 12.3. The molecule has 1 aliphatic rings. The largest absolute Gasteiger partial charge is 0.331 e. The van der Waals surface area contributed by atoms with E-state index in [2.05, 4.69) is 4.98 Å². The van der Waals surface area contributed by atoms with Crippen LogP contribution in [0.3, 0.4) is 0 Å². The normalized spacial score (nSPS) is 24.4. The lowest BCUT2D eigenvalue weighted by atomic mass is 10.1. The molecule has 0 aromatic carbocycles. The second-order valence-corrected chi connectivity index (χ2v) is 7.35. The van der Waals surface area contributed by atoms with Gasteiger partial charge in [-0.25, -0.2) is 0 Å². The summed E-state index contributed by atoms with van der Waals surface area (Å²) in [6, 6.07) is 1.96. The molecule has 0 saturated carbocycles. The lowest BCUT2D eigenvalue weighted by Crippen LogP contribution is -2.30. The summed E-state index contributed by atoms with van der Waals surface area (Å²) >= 11 is 6.71. The molecule has 0 spiro atoms. The van der Waals surface area contributed by atoms with Crippen molar-refractivity contribution < 1.29 is 4.21 Å². The van der Waals surface area contributed by atoms with Crippen molar-refractivity contribution in [1.29, 1.82) is 0 Å². The van der Waals surface area contributed by atoms with Crippen LogP contribution in [-0.4, -0.2) is 25.3 Å². The minimum atomic E-state index is -0.724. The topological polar surface area (TPSA) is 54.9 Å². The second kappa shape index (κ2) is 4.71. The smallest absolute Gasteiger partial charge is 0.272 e. The first-order valence-electron chi connectivity index (χ1n) is 5.74. The van der Waals surface area contributed by atoms with E-state index in [9.17, 15) is 9.00 Å². The molecule has 1 N–H and O–H groups in total. The highest BCUT2D eigenvalue weighted by molar-refractivity contribution is 7.85. The lowest BCUT2D eigenvalue weighted by Gasteiger charge is -2.23. The first-order valence-corrected chi connectivity index (χ1v) is 8.51. The summed E-state index contributed by atoms with van der Waals surface area (Å²) in [5, 5.41) is 1.89. The van der Waals surface area contributed by atoms with Crippen molar-refractivity contribution in [3.8, 4) is 0 Å². The van der Waals surface area contributed by atoms with E-state index in [4.69, 9.17) is 12.2 Å². The molecule has 4 nitrogen and oxygen atoms in total. The van der Waals surface area contributed by atoms with Crippen LogP contribution in [0.25, 0.3) is 10.2 Å². The van der Waals surface area contributed by atoms with Gasteiger partial charge in [0, 0.05) is 28.3 Å². The number of hydrogen-bond donors (Lipinski definition) is 1. The molecule has 1 fully saturated rings. The van der Waals surface area contributed by atoms with Crippen molar-refractivity contribution in [2.45, 2.75) is 18.9 Å². The molecule has 96 valence electrons. The highest BCUT2D eigenvalue weighted by Gasteiger charge is 2.22. The van der Waals surface area contributed by atoms with E-state index in [0.29, 0.717) is 16.3 Å². The Kier molecular flexibility index (Phi) is 3.21. The van der Waals surface area contributed by atoms with Crippen molar-refractivity contribution in [1.82, 2.24) is 9.55 Å². The summed E-state index contributed by atoms with van der Waals surface area (Å²) in [6.07, 6.45) is 1.53. The van der Waals surface area contributed by atoms with E-state index in [0.717, 1.165) is 23.1 Å². The van der Waals surface area contributed by atoms with Crippen LogP contribution in [0.1, 0.15) is 18.9 Å². The molecule has 0 radical (unpaired) electrons. The zero-order valence-electron chi connectivity index (χ0n) is 9.55. The van der Waals surface area contributed by atoms with Crippen LogP contribution in [0.4, 0.5) is 0 Å². The van der Waals surface area contributed by atoms with Crippen LogP contribution in [0.5, 0.6) is 0 Å². The van der Waals surface area contributed by atoms with Crippen LogP contribution in [0.15, 0.2) is 16.2 Å². The molecule has 2 aromatic heterocycles. The highest BCUT2D eigenvalue weighted by atomic mass is 32.2. The second-order valence-electron chi connectivity index (χ2n) is 4.35. The van der Waals surface area contributed by atoms with Gasteiger partial charge in [0.1, 0.15) is 4.70 Å². The van der Waals surface area contributed by atoms with E-state index in [1.165, 1.54) is 11.3 Å². The van der Waals surface area contributed by atoms with Crippen molar-refractivity contribution in [2.24, 2.45) is 0 Å². The zero-order valence-corrected chi connectivity index (χ0v) is 12.0. The van der Waals surface area contributed by atoms with E-state index in [1.807, 2.05) is 11.4 Å². The number of hydrogen-bond acceptors (Lipinski definition) is 4. The zero-order chi connectivity index (χ0) is 12.7.